The molecule has 1 fully saturated rings. The molecule has 0 radical (unpaired) electrons. The summed E-state index contributed by atoms with van der Waals surface area (Å²) >= 11 is 1.93. The number of thioether (sulfide) groups is 1. The van der Waals surface area contributed by atoms with Gasteiger partial charge in [-0.05, 0) is 36.8 Å². The Morgan fingerprint density at radius 3 is 2.90 bits per heavy atom. The zero-order valence-corrected chi connectivity index (χ0v) is 12.7. The van der Waals surface area contributed by atoms with Crippen LogP contribution in [-0.2, 0) is 0 Å². The summed E-state index contributed by atoms with van der Waals surface area (Å²) in [6.07, 6.45) is 2.50. The lowest BCUT2D eigenvalue weighted by Crippen LogP contribution is -2.23. The molecular formula is C15H18N2O3S. The van der Waals surface area contributed by atoms with Crippen LogP contribution in [0.2, 0.25) is 0 Å². The number of ether oxygens (including phenoxy) is 2. The van der Waals surface area contributed by atoms with Gasteiger partial charge in [0.2, 0.25) is 0 Å². The number of anilines is 1. The standard InChI is InChI=1S/C15H18N2O3S/c1-18-12-5-4-10(13-8-15(16)17-20-13)7-14(12)19-11-3-2-6-21-9-11/h4-5,7-8,11H,2-3,6,9H2,1H3,(H2,16,17). The Hall–Kier alpha value is -1.82. The van der Waals surface area contributed by atoms with E-state index in [4.69, 9.17) is 19.7 Å². The summed E-state index contributed by atoms with van der Waals surface area (Å²) in [6.45, 7) is 0. The number of aromatic nitrogens is 1. The molecule has 1 aromatic carbocycles. The molecule has 1 aliphatic heterocycles. The maximum atomic E-state index is 6.11. The van der Waals surface area contributed by atoms with E-state index < -0.39 is 0 Å². The highest BCUT2D eigenvalue weighted by Crippen LogP contribution is 2.35. The molecule has 6 heteroatoms. The summed E-state index contributed by atoms with van der Waals surface area (Å²) in [7, 11) is 1.64. The summed E-state index contributed by atoms with van der Waals surface area (Å²) in [4.78, 5) is 0. The lowest BCUT2D eigenvalue weighted by molar-refractivity contribution is 0.202. The molecule has 2 aromatic rings. The second kappa shape index (κ2) is 6.30. The number of nitrogen functional groups attached to an aromatic ring is 1. The van der Waals surface area contributed by atoms with Gasteiger partial charge in [-0.15, -0.1) is 0 Å². The average Bonchev–Trinajstić information content (AvgIpc) is 2.95. The van der Waals surface area contributed by atoms with Crippen LogP contribution in [0.5, 0.6) is 11.5 Å². The van der Waals surface area contributed by atoms with Crippen LogP contribution in [0.15, 0.2) is 28.8 Å². The van der Waals surface area contributed by atoms with E-state index in [-0.39, 0.29) is 6.10 Å². The summed E-state index contributed by atoms with van der Waals surface area (Å²) in [5.41, 5.74) is 6.47. The molecule has 0 spiro atoms. The Morgan fingerprint density at radius 1 is 1.33 bits per heavy atom. The van der Waals surface area contributed by atoms with Crippen molar-refractivity contribution in [3.63, 3.8) is 0 Å². The van der Waals surface area contributed by atoms with Crippen LogP contribution < -0.4 is 15.2 Å². The van der Waals surface area contributed by atoms with Crippen LogP contribution in [-0.4, -0.2) is 29.9 Å². The number of methoxy groups -OCH3 is 1. The van der Waals surface area contributed by atoms with E-state index in [0.29, 0.717) is 11.6 Å². The van der Waals surface area contributed by atoms with Crippen molar-refractivity contribution in [2.75, 3.05) is 24.3 Å². The highest BCUT2D eigenvalue weighted by Gasteiger charge is 2.18. The molecule has 1 unspecified atom stereocenters. The molecule has 3 rings (SSSR count). The van der Waals surface area contributed by atoms with Crippen molar-refractivity contribution in [2.45, 2.75) is 18.9 Å². The van der Waals surface area contributed by atoms with Crippen molar-refractivity contribution in [2.24, 2.45) is 0 Å². The predicted molar refractivity (Wildman–Crippen MR) is 83.9 cm³/mol. The first-order valence-electron chi connectivity index (χ1n) is 6.91. The Kier molecular flexibility index (Phi) is 4.24. The molecule has 1 aromatic heterocycles. The van der Waals surface area contributed by atoms with E-state index in [1.165, 1.54) is 12.2 Å². The van der Waals surface area contributed by atoms with Gasteiger partial charge in [0, 0.05) is 17.4 Å². The van der Waals surface area contributed by atoms with E-state index in [0.717, 1.165) is 29.2 Å². The molecule has 0 bridgehead atoms. The van der Waals surface area contributed by atoms with Gasteiger partial charge in [-0.25, -0.2) is 0 Å². The van der Waals surface area contributed by atoms with Crippen molar-refractivity contribution in [3.05, 3.63) is 24.3 Å². The average molecular weight is 306 g/mol. The van der Waals surface area contributed by atoms with Crippen molar-refractivity contribution in [1.29, 1.82) is 0 Å². The molecule has 21 heavy (non-hydrogen) atoms. The molecule has 1 atom stereocenters. The third-order valence-electron chi connectivity index (χ3n) is 3.39. The minimum Gasteiger partial charge on any atom is -0.493 e. The molecule has 1 saturated heterocycles. The topological polar surface area (TPSA) is 70.5 Å². The molecule has 0 saturated carbocycles. The quantitative estimate of drug-likeness (QED) is 0.935. The molecule has 112 valence electrons. The fourth-order valence-electron chi connectivity index (χ4n) is 2.33. The second-order valence-electron chi connectivity index (χ2n) is 4.94. The Bertz CT molecular complexity index is 609. The molecular weight excluding hydrogens is 288 g/mol. The van der Waals surface area contributed by atoms with E-state index in [2.05, 4.69) is 5.16 Å². The predicted octanol–water partition coefficient (Wildman–Crippen LogP) is 3.21. The highest BCUT2D eigenvalue weighted by atomic mass is 32.2. The van der Waals surface area contributed by atoms with E-state index in [1.807, 2.05) is 30.0 Å². The summed E-state index contributed by atoms with van der Waals surface area (Å²) in [6, 6.07) is 7.39. The maximum absolute atomic E-state index is 6.11. The molecule has 1 aliphatic rings. The van der Waals surface area contributed by atoms with Crippen LogP contribution in [0.4, 0.5) is 5.82 Å². The van der Waals surface area contributed by atoms with Crippen LogP contribution in [0.1, 0.15) is 12.8 Å². The molecule has 2 N–H and O–H groups in total. The number of hydrogen-bond acceptors (Lipinski definition) is 6. The van der Waals surface area contributed by atoms with Crippen molar-refractivity contribution >= 4 is 17.6 Å². The smallest absolute Gasteiger partial charge is 0.169 e. The largest absolute Gasteiger partial charge is 0.493 e. The van der Waals surface area contributed by atoms with E-state index >= 15 is 0 Å². The second-order valence-corrected chi connectivity index (χ2v) is 6.09. The lowest BCUT2D eigenvalue weighted by atomic mass is 10.1. The minimum absolute atomic E-state index is 0.229. The summed E-state index contributed by atoms with van der Waals surface area (Å²) < 4.78 is 16.7. The van der Waals surface area contributed by atoms with Gasteiger partial charge in [0.25, 0.3) is 0 Å². The lowest BCUT2D eigenvalue weighted by Gasteiger charge is -2.23. The van der Waals surface area contributed by atoms with Gasteiger partial charge in [0.05, 0.1) is 7.11 Å². The third kappa shape index (κ3) is 3.26. The number of nitrogens with zero attached hydrogens (tertiary/aromatic N) is 1. The minimum atomic E-state index is 0.229. The van der Waals surface area contributed by atoms with Gasteiger partial charge in [-0.1, -0.05) is 5.16 Å². The zero-order chi connectivity index (χ0) is 14.7. The normalized spacial score (nSPS) is 18.4. The molecule has 0 aliphatic carbocycles. The fraction of sp³-hybridized carbons (Fsp3) is 0.400. The first-order chi connectivity index (χ1) is 10.3. The van der Waals surface area contributed by atoms with E-state index in [9.17, 15) is 0 Å². The summed E-state index contributed by atoms with van der Waals surface area (Å²) in [5, 5.41) is 3.71. The van der Waals surface area contributed by atoms with Gasteiger partial charge in [0.1, 0.15) is 6.10 Å². The molecule has 2 heterocycles. The molecule has 5 nitrogen and oxygen atoms in total. The van der Waals surface area contributed by atoms with Crippen molar-refractivity contribution in [1.82, 2.24) is 5.16 Å². The monoisotopic (exact) mass is 306 g/mol. The number of hydrogen-bond donors (Lipinski definition) is 1. The van der Waals surface area contributed by atoms with Crippen LogP contribution in [0, 0.1) is 0 Å². The van der Waals surface area contributed by atoms with Crippen molar-refractivity contribution < 1.29 is 14.0 Å². The third-order valence-corrected chi connectivity index (χ3v) is 4.57. The summed E-state index contributed by atoms with van der Waals surface area (Å²) in [5.74, 6) is 4.68. The SMILES string of the molecule is COc1ccc(-c2cc(N)no2)cc1OC1CCCSC1. The van der Waals surface area contributed by atoms with E-state index in [1.54, 1.807) is 13.2 Å². The van der Waals surface area contributed by atoms with Gasteiger partial charge >= 0.3 is 0 Å². The highest BCUT2D eigenvalue weighted by molar-refractivity contribution is 7.99. The Morgan fingerprint density at radius 2 is 2.24 bits per heavy atom. The van der Waals surface area contributed by atoms with Gasteiger partial charge in [-0.3, -0.25) is 0 Å². The van der Waals surface area contributed by atoms with Gasteiger partial charge in [0.15, 0.2) is 23.1 Å². The number of benzene rings is 1. The molecule has 0 amide bonds. The number of rotatable bonds is 4. The number of nitrogens with two attached hydrogens (primary N) is 1. The Labute approximate surface area is 127 Å². The van der Waals surface area contributed by atoms with Gasteiger partial charge in [-0.2, -0.15) is 11.8 Å². The van der Waals surface area contributed by atoms with Crippen LogP contribution >= 0.6 is 11.8 Å². The van der Waals surface area contributed by atoms with Crippen LogP contribution in [0.25, 0.3) is 11.3 Å². The van der Waals surface area contributed by atoms with Crippen LogP contribution in [0.3, 0.4) is 0 Å². The zero-order valence-electron chi connectivity index (χ0n) is 11.9. The van der Waals surface area contributed by atoms with Crippen molar-refractivity contribution in [3.8, 4) is 22.8 Å². The van der Waals surface area contributed by atoms with Gasteiger partial charge < -0.3 is 19.7 Å². The Balaban J connectivity index is 1.86. The first-order valence-corrected chi connectivity index (χ1v) is 8.07. The first kappa shape index (κ1) is 14.1. The fourth-order valence-corrected chi connectivity index (χ4v) is 3.37. The maximum Gasteiger partial charge on any atom is 0.169 e.